The lowest BCUT2D eigenvalue weighted by Crippen LogP contribution is -2.37. The van der Waals surface area contributed by atoms with E-state index >= 15 is 0 Å². The first kappa shape index (κ1) is 11.1. The minimum Gasteiger partial charge on any atom is -0.467 e. The van der Waals surface area contributed by atoms with Crippen LogP contribution in [0.25, 0.3) is 11.0 Å². The van der Waals surface area contributed by atoms with Gasteiger partial charge in [-0.15, -0.1) is 0 Å². The summed E-state index contributed by atoms with van der Waals surface area (Å²) in [5.74, 6) is 0.601. The summed E-state index contributed by atoms with van der Waals surface area (Å²) >= 11 is 0. The molecule has 1 saturated heterocycles. The topological polar surface area (TPSA) is 55.6 Å². The van der Waals surface area contributed by atoms with Crippen molar-refractivity contribution >= 4 is 22.8 Å². The van der Waals surface area contributed by atoms with Crippen molar-refractivity contribution in [1.29, 1.82) is 0 Å². The first-order valence-corrected chi connectivity index (χ1v) is 5.98. The van der Waals surface area contributed by atoms with E-state index in [9.17, 15) is 4.79 Å². The first-order chi connectivity index (χ1) is 8.81. The zero-order valence-corrected chi connectivity index (χ0v) is 10.1. The lowest BCUT2D eigenvalue weighted by atomic mass is 10.2. The predicted octanol–water partition coefficient (Wildman–Crippen LogP) is 1.97. The fourth-order valence-electron chi connectivity index (χ4n) is 2.51. The van der Waals surface area contributed by atoms with E-state index < -0.39 is 0 Å². The molecule has 1 atom stereocenters. The Balaban J connectivity index is 2.03. The van der Waals surface area contributed by atoms with Crippen molar-refractivity contribution in [2.24, 2.45) is 0 Å². The van der Waals surface area contributed by atoms with Crippen molar-refractivity contribution in [3.8, 4) is 0 Å². The number of rotatable bonds is 2. The number of nitrogens with zero attached hydrogens (tertiary/aromatic N) is 2. The summed E-state index contributed by atoms with van der Waals surface area (Å²) in [6, 6.07) is 3.47. The van der Waals surface area contributed by atoms with Crippen LogP contribution < -0.4 is 4.90 Å². The first-order valence-electron chi connectivity index (χ1n) is 5.98. The third-order valence-electron chi connectivity index (χ3n) is 3.36. The van der Waals surface area contributed by atoms with Crippen molar-refractivity contribution < 1.29 is 13.9 Å². The quantitative estimate of drug-likeness (QED) is 0.758. The van der Waals surface area contributed by atoms with Gasteiger partial charge in [-0.2, -0.15) is 0 Å². The Morgan fingerprint density at radius 2 is 2.44 bits per heavy atom. The number of anilines is 1. The summed E-state index contributed by atoms with van der Waals surface area (Å²) in [6.45, 7) is 0.817. The van der Waals surface area contributed by atoms with E-state index in [1.165, 1.54) is 7.11 Å². The summed E-state index contributed by atoms with van der Waals surface area (Å²) < 4.78 is 10.2. The largest absolute Gasteiger partial charge is 0.467 e. The van der Waals surface area contributed by atoms with E-state index in [1.807, 2.05) is 17.0 Å². The molecule has 0 N–H and O–H groups in total. The second-order valence-corrected chi connectivity index (χ2v) is 4.34. The van der Waals surface area contributed by atoms with E-state index in [0.717, 1.165) is 36.2 Å². The molecule has 1 fully saturated rings. The van der Waals surface area contributed by atoms with Crippen molar-refractivity contribution in [3.05, 3.63) is 24.6 Å². The molecule has 5 heteroatoms. The standard InChI is InChI=1S/C13H14N2O3/c1-17-13(16)10-3-2-7-15(10)12-9-5-8-18-11(9)4-6-14-12/h4-6,8,10H,2-3,7H2,1H3. The molecule has 94 valence electrons. The van der Waals surface area contributed by atoms with Gasteiger partial charge >= 0.3 is 5.97 Å². The van der Waals surface area contributed by atoms with Gasteiger partial charge in [-0.1, -0.05) is 0 Å². The zero-order valence-electron chi connectivity index (χ0n) is 10.1. The molecule has 1 aliphatic heterocycles. The van der Waals surface area contributed by atoms with Crippen LogP contribution in [-0.2, 0) is 9.53 Å². The average Bonchev–Trinajstić information content (AvgIpc) is 3.05. The Morgan fingerprint density at radius 1 is 1.56 bits per heavy atom. The highest BCUT2D eigenvalue weighted by atomic mass is 16.5. The molecule has 0 amide bonds. The number of pyridine rings is 1. The molecule has 1 aliphatic rings. The molecule has 2 aromatic heterocycles. The molecule has 2 aromatic rings. The van der Waals surface area contributed by atoms with E-state index in [4.69, 9.17) is 9.15 Å². The van der Waals surface area contributed by atoms with Crippen molar-refractivity contribution in [2.75, 3.05) is 18.6 Å². The fraction of sp³-hybridized carbons (Fsp3) is 0.385. The van der Waals surface area contributed by atoms with Gasteiger partial charge in [0, 0.05) is 12.7 Å². The van der Waals surface area contributed by atoms with Crippen LogP contribution in [0, 0.1) is 0 Å². The SMILES string of the molecule is COC(=O)C1CCCN1c1nccc2occc12. The number of carbonyl (C=O) groups excluding carboxylic acids is 1. The Labute approximate surface area is 104 Å². The van der Waals surface area contributed by atoms with Gasteiger partial charge in [0.05, 0.1) is 18.8 Å². The van der Waals surface area contributed by atoms with Crippen LogP contribution in [0.5, 0.6) is 0 Å². The monoisotopic (exact) mass is 246 g/mol. The van der Waals surface area contributed by atoms with Gasteiger partial charge in [-0.05, 0) is 25.0 Å². The Kier molecular flexibility index (Phi) is 2.66. The highest BCUT2D eigenvalue weighted by Gasteiger charge is 2.33. The van der Waals surface area contributed by atoms with Gasteiger partial charge in [-0.25, -0.2) is 9.78 Å². The number of furan rings is 1. The van der Waals surface area contributed by atoms with Crippen LogP contribution in [0.3, 0.4) is 0 Å². The number of fused-ring (bicyclic) bond motifs is 1. The molecule has 18 heavy (non-hydrogen) atoms. The van der Waals surface area contributed by atoms with Crippen molar-refractivity contribution in [1.82, 2.24) is 4.98 Å². The molecule has 1 unspecified atom stereocenters. The fourth-order valence-corrected chi connectivity index (χ4v) is 2.51. The number of esters is 1. The van der Waals surface area contributed by atoms with Gasteiger partial charge in [0.25, 0.3) is 0 Å². The van der Waals surface area contributed by atoms with E-state index in [1.54, 1.807) is 12.5 Å². The second-order valence-electron chi connectivity index (χ2n) is 4.34. The molecular formula is C13H14N2O3. The number of aromatic nitrogens is 1. The van der Waals surface area contributed by atoms with Crippen molar-refractivity contribution in [3.63, 3.8) is 0 Å². The van der Waals surface area contributed by atoms with Crippen LogP contribution in [0.4, 0.5) is 5.82 Å². The maximum atomic E-state index is 11.8. The van der Waals surface area contributed by atoms with Crippen LogP contribution in [0.15, 0.2) is 29.0 Å². The summed E-state index contributed by atoms with van der Waals surface area (Å²) in [5, 5.41) is 0.938. The summed E-state index contributed by atoms with van der Waals surface area (Å²) in [7, 11) is 1.42. The predicted molar refractivity (Wildman–Crippen MR) is 66.4 cm³/mol. The van der Waals surface area contributed by atoms with Gasteiger partial charge < -0.3 is 14.1 Å². The molecule has 0 aliphatic carbocycles. The van der Waals surface area contributed by atoms with E-state index in [0.29, 0.717) is 0 Å². The number of hydrogen-bond donors (Lipinski definition) is 0. The van der Waals surface area contributed by atoms with Crippen LogP contribution in [-0.4, -0.2) is 30.6 Å². The summed E-state index contributed by atoms with van der Waals surface area (Å²) in [5.41, 5.74) is 0.788. The highest BCUT2D eigenvalue weighted by molar-refractivity contribution is 5.91. The van der Waals surface area contributed by atoms with E-state index in [2.05, 4.69) is 4.98 Å². The third kappa shape index (κ3) is 1.63. The zero-order chi connectivity index (χ0) is 12.5. The van der Waals surface area contributed by atoms with Crippen LogP contribution in [0.1, 0.15) is 12.8 Å². The number of hydrogen-bond acceptors (Lipinski definition) is 5. The maximum Gasteiger partial charge on any atom is 0.328 e. The molecule has 3 heterocycles. The maximum absolute atomic E-state index is 11.8. The molecule has 0 aromatic carbocycles. The number of carbonyl (C=O) groups is 1. The molecule has 0 bridgehead atoms. The van der Waals surface area contributed by atoms with Gasteiger partial charge in [0.1, 0.15) is 17.4 Å². The highest BCUT2D eigenvalue weighted by Crippen LogP contribution is 2.31. The molecule has 0 saturated carbocycles. The lowest BCUT2D eigenvalue weighted by Gasteiger charge is -2.23. The molecule has 0 spiro atoms. The number of methoxy groups -OCH3 is 1. The van der Waals surface area contributed by atoms with Crippen LogP contribution >= 0.6 is 0 Å². The molecular weight excluding hydrogens is 232 g/mol. The number of ether oxygens (including phenoxy) is 1. The third-order valence-corrected chi connectivity index (χ3v) is 3.36. The second kappa shape index (κ2) is 4.33. The average molecular weight is 246 g/mol. The minimum absolute atomic E-state index is 0.199. The summed E-state index contributed by atoms with van der Waals surface area (Å²) in [4.78, 5) is 18.1. The Bertz CT molecular complexity index is 578. The molecule has 3 rings (SSSR count). The van der Waals surface area contributed by atoms with Gasteiger partial charge in [-0.3, -0.25) is 0 Å². The smallest absolute Gasteiger partial charge is 0.328 e. The summed E-state index contributed by atoms with van der Waals surface area (Å²) in [6.07, 6.45) is 5.12. The van der Waals surface area contributed by atoms with Gasteiger partial charge in [0.15, 0.2) is 0 Å². The van der Waals surface area contributed by atoms with E-state index in [-0.39, 0.29) is 12.0 Å². The normalized spacial score (nSPS) is 19.4. The van der Waals surface area contributed by atoms with Crippen molar-refractivity contribution in [2.45, 2.75) is 18.9 Å². The van der Waals surface area contributed by atoms with Gasteiger partial charge in [0.2, 0.25) is 0 Å². The Hall–Kier alpha value is -2.04. The molecule has 5 nitrogen and oxygen atoms in total. The Morgan fingerprint density at radius 3 is 3.28 bits per heavy atom. The minimum atomic E-state index is -0.233. The lowest BCUT2D eigenvalue weighted by molar-refractivity contribution is -0.141. The van der Waals surface area contributed by atoms with Crippen LogP contribution in [0.2, 0.25) is 0 Å². The molecule has 0 radical (unpaired) electrons.